The predicted octanol–water partition coefficient (Wildman–Crippen LogP) is 1.99. The molecular formula is C17H31N3O. The van der Waals surface area contributed by atoms with Crippen LogP contribution < -0.4 is 5.32 Å². The summed E-state index contributed by atoms with van der Waals surface area (Å²) in [5.41, 5.74) is 0. The van der Waals surface area contributed by atoms with Crippen LogP contribution in [0, 0.1) is 0 Å². The van der Waals surface area contributed by atoms with Crippen LogP contribution in [0.25, 0.3) is 0 Å². The van der Waals surface area contributed by atoms with Gasteiger partial charge in [-0.25, -0.2) is 0 Å². The van der Waals surface area contributed by atoms with Gasteiger partial charge in [-0.1, -0.05) is 6.92 Å². The van der Waals surface area contributed by atoms with Gasteiger partial charge in [0.25, 0.3) is 0 Å². The van der Waals surface area contributed by atoms with Crippen molar-refractivity contribution >= 4 is 5.91 Å². The third-order valence-corrected chi connectivity index (χ3v) is 5.67. The zero-order chi connectivity index (χ0) is 14.7. The van der Waals surface area contributed by atoms with E-state index in [1.807, 2.05) is 0 Å². The van der Waals surface area contributed by atoms with Crippen molar-refractivity contribution in [3.05, 3.63) is 0 Å². The van der Waals surface area contributed by atoms with Crippen molar-refractivity contribution in [3.8, 4) is 0 Å². The average molecular weight is 293 g/mol. The van der Waals surface area contributed by atoms with E-state index in [-0.39, 0.29) is 0 Å². The number of piperidine rings is 2. The van der Waals surface area contributed by atoms with E-state index in [0.29, 0.717) is 11.9 Å². The average Bonchev–Trinajstić information content (AvgIpc) is 2.75. The maximum absolute atomic E-state index is 12.3. The molecule has 4 nitrogen and oxygen atoms in total. The minimum Gasteiger partial charge on any atom is -0.343 e. The number of carbonyl (C=O) groups excluding carboxylic acids is 1. The monoisotopic (exact) mass is 293 g/mol. The summed E-state index contributed by atoms with van der Waals surface area (Å²) in [5.74, 6) is 0.392. The lowest BCUT2D eigenvalue weighted by molar-refractivity contribution is -0.132. The first kappa shape index (κ1) is 15.3. The Hall–Kier alpha value is -0.610. The molecule has 2 bridgehead atoms. The van der Waals surface area contributed by atoms with Gasteiger partial charge in [-0.3, -0.25) is 9.69 Å². The Bertz CT molecular complexity index is 340. The molecule has 1 amide bonds. The highest BCUT2D eigenvalue weighted by molar-refractivity contribution is 5.76. The number of likely N-dealkylation sites (tertiary alicyclic amines) is 1. The molecule has 3 aliphatic rings. The van der Waals surface area contributed by atoms with Crippen LogP contribution in [0.1, 0.15) is 58.3 Å². The Morgan fingerprint density at radius 2 is 1.76 bits per heavy atom. The lowest BCUT2D eigenvalue weighted by atomic mass is 9.97. The largest absolute Gasteiger partial charge is 0.343 e. The molecule has 3 heterocycles. The lowest BCUT2D eigenvalue weighted by Gasteiger charge is -2.39. The Labute approximate surface area is 129 Å². The minimum atomic E-state index is 0.392. The summed E-state index contributed by atoms with van der Waals surface area (Å²) >= 11 is 0. The second kappa shape index (κ2) is 7.10. The van der Waals surface area contributed by atoms with E-state index in [4.69, 9.17) is 0 Å². The van der Waals surface area contributed by atoms with Gasteiger partial charge >= 0.3 is 0 Å². The van der Waals surface area contributed by atoms with Crippen LogP contribution in [0.4, 0.5) is 0 Å². The number of nitrogens with zero attached hydrogens (tertiary/aromatic N) is 2. The number of rotatable bonds is 5. The molecule has 3 saturated heterocycles. The zero-order valence-corrected chi connectivity index (χ0v) is 13.5. The molecule has 0 aromatic heterocycles. The first-order valence-corrected chi connectivity index (χ1v) is 9.05. The summed E-state index contributed by atoms with van der Waals surface area (Å²) in [4.78, 5) is 17.1. The van der Waals surface area contributed by atoms with Crippen molar-refractivity contribution < 1.29 is 4.79 Å². The molecule has 120 valence electrons. The standard InChI is InChI=1S/C17H31N3O/c1-2-18-14-12-15-6-7-16(13-14)20(15)11-8-17(21)19-9-4-3-5-10-19/h14-16,18H,2-13H2,1H3. The van der Waals surface area contributed by atoms with Gasteiger partial charge in [-0.15, -0.1) is 0 Å². The molecule has 0 saturated carbocycles. The smallest absolute Gasteiger partial charge is 0.223 e. The third-order valence-electron chi connectivity index (χ3n) is 5.67. The quantitative estimate of drug-likeness (QED) is 0.842. The fourth-order valence-corrected chi connectivity index (χ4v) is 4.62. The van der Waals surface area contributed by atoms with Gasteiger partial charge in [-0.2, -0.15) is 0 Å². The van der Waals surface area contributed by atoms with Gasteiger partial charge < -0.3 is 10.2 Å². The minimum absolute atomic E-state index is 0.392. The zero-order valence-electron chi connectivity index (χ0n) is 13.5. The fraction of sp³-hybridized carbons (Fsp3) is 0.941. The van der Waals surface area contributed by atoms with Crippen LogP contribution in [0.5, 0.6) is 0 Å². The normalized spacial score (nSPS) is 33.4. The van der Waals surface area contributed by atoms with Gasteiger partial charge in [0.2, 0.25) is 5.91 Å². The summed E-state index contributed by atoms with van der Waals surface area (Å²) in [6.07, 6.45) is 9.67. The van der Waals surface area contributed by atoms with Crippen molar-refractivity contribution in [1.82, 2.24) is 15.1 Å². The molecule has 0 aromatic rings. The van der Waals surface area contributed by atoms with Gasteiger partial charge in [0, 0.05) is 44.2 Å². The first-order valence-electron chi connectivity index (χ1n) is 9.05. The Balaban J connectivity index is 1.46. The Morgan fingerprint density at radius 3 is 2.38 bits per heavy atom. The number of nitrogens with one attached hydrogen (secondary N) is 1. The topological polar surface area (TPSA) is 35.6 Å². The molecule has 3 rings (SSSR count). The van der Waals surface area contributed by atoms with Crippen LogP contribution in [-0.2, 0) is 4.79 Å². The molecule has 0 aromatic carbocycles. The van der Waals surface area contributed by atoms with Crippen molar-refractivity contribution in [2.45, 2.75) is 76.4 Å². The van der Waals surface area contributed by atoms with Crippen molar-refractivity contribution in [1.29, 1.82) is 0 Å². The van der Waals surface area contributed by atoms with E-state index in [2.05, 4.69) is 22.0 Å². The summed E-state index contributed by atoms with van der Waals surface area (Å²) < 4.78 is 0. The highest BCUT2D eigenvalue weighted by Gasteiger charge is 2.40. The number of hydrogen-bond donors (Lipinski definition) is 1. The molecule has 0 spiro atoms. The van der Waals surface area contributed by atoms with Gasteiger partial charge in [0.15, 0.2) is 0 Å². The van der Waals surface area contributed by atoms with Gasteiger partial charge in [-0.05, 0) is 51.5 Å². The Morgan fingerprint density at radius 1 is 1.10 bits per heavy atom. The van der Waals surface area contributed by atoms with Crippen LogP contribution in [0.2, 0.25) is 0 Å². The number of amides is 1. The third kappa shape index (κ3) is 3.59. The van der Waals surface area contributed by atoms with E-state index in [1.54, 1.807) is 0 Å². The van der Waals surface area contributed by atoms with Crippen LogP contribution in [0.15, 0.2) is 0 Å². The second-order valence-corrected chi connectivity index (χ2v) is 7.04. The summed E-state index contributed by atoms with van der Waals surface area (Å²) in [5, 5.41) is 3.62. The highest BCUT2D eigenvalue weighted by atomic mass is 16.2. The number of hydrogen-bond acceptors (Lipinski definition) is 3. The molecule has 3 aliphatic heterocycles. The summed E-state index contributed by atoms with van der Waals surface area (Å²) in [7, 11) is 0. The van der Waals surface area contributed by atoms with Crippen molar-refractivity contribution in [2.75, 3.05) is 26.2 Å². The van der Waals surface area contributed by atoms with Gasteiger partial charge in [0.1, 0.15) is 0 Å². The molecule has 2 atom stereocenters. The molecule has 4 heteroatoms. The second-order valence-electron chi connectivity index (χ2n) is 7.04. The van der Waals surface area contributed by atoms with E-state index in [0.717, 1.165) is 44.7 Å². The van der Waals surface area contributed by atoms with Crippen molar-refractivity contribution in [3.63, 3.8) is 0 Å². The number of fused-ring (bicyclic) bond motifs is 2. The summed E-state index contributed by atoms with van der Waals surface area (Å²) in [6, 6.07) is 2.16. The van der Waals surface area contributed by atoms with Gasteiger partial charge in [0.05, 0.1) is 0 Å². The first-order chi connectivity index (χ1) is 10.3. The van der Waals surface area contributed by atoms with E-state index in [9.17, 15) is 4.79 Å². The van der Waals surface area contributed by atoms with Crippen LogP contribution in [-0.4, -0.2) is 60.0 Å². The Kier molecular flexibility index (Phi) is 5.17. The molecule has 2 unspecified atom stereocenters. The molecule has 3 fully saturated rings. The molecule has 21 heavy (non-hydrogen) atoms. The molecule has 0 aliphatic carbocycles. The highest BCUT2D eigenvalue weighted by Crippen LogP contribution is 2.35. The maximum Gasteiger partial charge on any atom is 0.223 e. The van der Waals surface area contributed by atoms with Crippen LogP contribution >= 0.6 is 0 Å². The number of carbonyl (C=O) groups is 1. The van der Waals surface area contributed by atoms with E-state index in [1.165, 1.54) is 44.9 Å². The SMILES string of the molecule is CCNC1CC2CCC(C1)N2CCC(=O)N1CCCCC1. The molecular weight excluding hydrogens is 262 g/mol. The summed E-state index contributed by atoms with van der Waals surface area (Å²) in [6.45, 7) is 6.26. The van der Waals surface area contributed by atoms with Crippen LogP contribution in [0.3, 0.4) is 0 Å². The van der Waals surface area contributed by atoms with E-state index >= 15 is 0 Å². The lowest BCUT2D eigenvalue weighted by Crippen LogP contribution is -2.50. The maximum atomic E-state index is 12.3. The molecule has 1 N–H and O–H groups in total. The van der Waals surface area contributed by atoms with E-state index < -0.39 is 0 Å². The van der Waals surface area contributed by atoms with Crippen molar-refractivity contribution in [2.24, 2.45) is 0 Å². The molecule has 0 radical (unpaired) electrons. The predicted molar refractivity (Wildman–Crippen MR) is 85.3 cm³/mol. The fourth-order valence-electron chi connectivity index (χ4n) is 4.62.